The van der Waals surface area contributed by atoms with Crippen molar-refractivity contribution in [3.05, 3.63) is 90.0 Å². The van der Waals surface area contributed by atoms with Crippen LogP contribution in [0.4, 0.5) is 5.69 Å². The van der Waals surface area contributed by atoms with Gasteiger partial charge in [-0.3, -0.25) is 4.79 Å². The molecule has 0 fully saturated rings. The fourth-order valence-corrected chi connectivity index (χ4v) is 5.67. The van der Waals surface area contributed by atoms with E-state index in [0.717, 1.165) is 16.0 Å². The first-order valence-electron chi connectivity index (χ1n) is 9.57. The molecule has 1 N–H and O–H groups in total. The van der Waals surface area contributed by atoms with Crippen molar-refractivity contribution >= 4 is 33.4 Å². The van der Waals surface area contributed by atoms with E-state index in [1.54, 1.807) is 42.1 Å². The van der Waals surface area contributed by atoms with E-state index in [1.807, 2.05) is 54.8 Å². The largest absolute Gasteiger partial charge is 0.325 e. The molecule has 1 aliphatic heterocycles. The molecule has 1 atom stereocenters. The third kappa shape index (κ3) is 4.14. The molecule has 3 aromatic rings. The zero-order valence-electron chi connectivity index (χ0n) is 16.5. The highest BCUT2D eigenvalue weighted by Gasteiger charge is 2.39. The third-order valence-electron chi connectivity index (χ3n) is 5.20. The molecule has 5 nitrogen and oxygen atoms in total. The van der Waals surface area contributed by atoms with Crippen LogP contribution in [0.1, 0.15) is 11.1 Å². The van der Waals surface area contributed by atoms with Crippen LogP contribution < -0.4 is 5.32 Å². The van der Waals surface area contributed by atoms with Crippen LogP contribution in [0.15, 0.2) is 88.7 Å². The molecule has 1 amide bonds. The second-order valence-electron chi connectivity index (χ2n) is 7.07. The summed E-state index contributed by atoms with van der Waals surface area (Å²) in [5.41, 5.74) is 2.57. The van der Waals surface area contributed by atoms with Gasteiger partial charge >= 0.3 is 0 Å². The molecule has 0 spiro atoms. The van der Waals surface area contributed by atoms with E-state index in [1.165, 1.54) is 4.31 Å². The Morgan fingerprint density at radius 1 is 0.967 bits per heavy atom. The van der Waals surface area contributed by atoms with Crippen LogP contribution in [0.3, 0.4) is 0 Å². The average molecular weight is 439 g/mol. The molecule has 4 rings (SSSR count). The number of hydrogen-bond acceptors (Lipinski definition) is 4. The number of rotatable bonds is 5. The van der Waals surface area contributed by atoms with Crippen LogP contribution in [0, 0.1) is 0 Å². The summed E-state index contributed by atoms with van der Waals surface area (Å²) in [6.45, 7) is 0.163. The Kier molecular flexibility index (Phi) is 5.94. The summed E-state index contributed by atoms with van der Waals surface area (Å²) in [6.07, 6.45) is 2.30. The number of carbonyl (C=O) groups is 1. The smallest absolute Gasteiger partial charge is 0.244 e. The van der Waals surface area contributed by atoms with Crippen LogP contribution in [0.25, 0.3) is 0 Å². The van der Waals surface area contributed by atoms with Gasteiger partial charge in [-0.05, 0) is 54.1 Å². The Morgan fingerprint density at radius 2 is 1.67 bits per heavy atom. The number of nitrogens with one attached hydrogen (secondary N) is 1. The number of amides is 1. The molecule has 0 bridgehead atoms. The molecule has 30 heavy (non-hydrogen) atoms. The van der Waals surface area contributed by atoms with Gasteiger partial charge in [0.2, 0.25) is 15.9 Å². The SMILES string of the molecule is CSc1cccc(NC(=O)[C@@H]2Cc3ccccc3CN2S(=O)(=O)c2ccccc2)c1. The molecule has 0 aliphatic carbocycles. The maximum Gasteiger partial charge on any atom is 0.244 e. The Labute approximate surface area is 181 Å². The zero-order valence-corrected chi connectivity index (χ0v) is 18.1. The van der Waals surface area contributed by atoms with Crippen molar-refractivity contribution in [1.82, 2.24) is 4.31 Å². The molecule has 154 valence electrons. The molecular formula is C23H22N2O3S2. The second-order valence-corrected chi connectivity index (χ2v) is 9.84. The van der Waals surface area contributed by atoms with E-state index >= 15 is 0 Å². The number of fused-ring (bicyclic) bond motifs is 1. The van der Waals surface area contributed by atoms with Crippen molar-refractivity contribution in [2.45, 2.75) is 28.8 Å². The van der Waals surface area contributed by atoms with Crippen molar-refractivity contribution in [2.24, 2.45) is 0 Å². The predicted octanol–water partition coefficient (Wildman–Crippen LogP) is 4.16. The van der Waals surface area contributed by atoms with E-state index in [2.05, 4.69) is 5.32 Å². The molecule has 0 saturated heterocycles. The molecule has 1 heterocycles. The highest BCUT2D eigenvalue weighted by Crippen LogP contribution is 2.30. The minimum atomic E-state index is -3.84. The standard InChI is InChI=1S/C23H22N2O3S2/c1-29-20-11-7-10-19(15-20)24-23(26)22-14-17-8-5-6-9-18(17)16-25(22)30(27,28)21-12-3-2-4-13-21/h2-13,15,22H,14,16H2,1H3,(H,24,26)/t22-/m0/s1. The molecule has 7 heteroatoms. The van der Waals surface area contributed by atoms with Crippen molar-refractivity contribution in [3.8, 4) is 0 Å². The number of sulfonamides is 1. The Hall–Kier alpha value is -2.61. The minimum Gasteiger partial charge on any atom is -0.325 e. The summed E-state index contributed by atoms with van der Waals surface area (Å²) in [4.78, 5) is 14.5. The Balaban J connectivity index is 1.70. The van der Waals surface area contributed by atoms with Gasteiger partial charge in [0, 0.05) is 17.1 Å². The molecule has 0 unspecified atom stereocenters. The first-order chi connectivity index (χ1) is 14.5. The van der Waals surface area contributed by atoms with Gasteiger partial charge in [-0.2, -0.15) is 4.31 Å². The zero-order chi connectivity index (χ0) is 21.1. The molecule has 0 saturated carbocycles. The van der Waals surface area contributed by atoms with Gasteiger partial charge in [0.15, 0.2) is 0 Å². The summed E-state index contributed by atoms with van der Waals surface area (Å²) >= 11 is 1.58. The predicted molar refractivity (Wildman–Crippen MR) is 120 cm³/mol. The maximum atomic E-state index is 13.4. The lowest BCUT2D eigenvalue weighted by Crippen LogP contribution is -2.50. The summed E-state index contributed by atoms with van der Waals surface area (Å²) in [6, 6.07) is 22.6. The topological polar surface area (TPSA) is 66.5 Å². The number of benzene rings is 3. The number of anilines is 1. The second kappa shape index (κ2) is 8.63. The van der Waals surface area contributed by atoms with Gasteiger partial charge in [-0.1, -0.05) is 48.5 Å². The van der Waals surface area contributed by atoms with Gasteiger partial charge in [0.05, 0.1) is 4.90 Å². The van der Waals surface area contributed by atoms with E-state index in [0.29, 0.717) is 12.1 Å². The minimum absolute atomic E-state index is 0.163. The summed E-state index contributed by atoms with van der Waals surface area (Å²) in [5.74, 6) is -0.331. The summed E-state index contributed by atoms with van der Waals surface area (Å²) < 4.78 is 28.1. The quantitative estimate of drug-likeness (QED) is 0.608. The lowest BCUT2D eigenvalue weighted by atomic mass is 9.95. The molecule has 0 aromatic heterocycles. The van der Waals surface area contributed by atoms with Crippen LogP contribution in [-0.4, -0.2) is 30.9 Å². The molecule has 0 radical (unpaired) electrons. The number of hydrogen-bond donors (Lipinski definition) is 1. The highest BCUT2D eigenvalue weighted by atomic mass is 32.2. The summed E-state index contributed by atoms with van der Waals surface area (Å²) in [7, 11) is -3.84. The van der Waals surface area contributed by atoms with Crippen LogP contribution in [0.2, 0.25) is 0 Å². The first kappa shape index (κ1) is 20.7. The number of carbonyl (C=O) groups excluding carboxylic acids is 1. The Morgan fingerprint density at radius 3 is 2.40 bits per heavy atom. The van der Waals surface area contributed by atoms with Crippen molar-refractivity contribution in [3.63, 3.8) is 0 Å². The van der Waals surface area contributed by atoms with Gasteiger partial charge < -0.3 is 5.32 Å². The van der Waals surface area contributed by atoms with Crippen molar-refractivity contribution < 1.29 is 13.2 Å². The first-order valence-corrected chi connectivity index (χ1v) is 12.2. The Bertz CT molecular complexity index is 1160. The van der Waals surface area contributed by atoms with Gasteiger partial charge in [0.1, 0.15) is 6.04 Å². The molecule has 1 aliphatic rings. The average Bonchev–Trinajstić information content (AvgIpc) is 2.79. The van der Waals surface area contributed by atoms with E-state index < -0.39 is 16.1 Å². The van der Waals surface area contributed by atoms with Crippen molar-refractivity contribution in [2.75, 3.05) is 11.6 Å². The number of thioether (sulfide) groups is 1. The van der Waals surface area contributed by atoms with Crippen LogP contribution in [0.5, 0.6) is 0 Å². The third-order valence-corrected chi connectivity index (χ3v) is 7.79. The number of nitrogens with zero attached hydrogens (tertiary/aromatic N) is 1. The summed E-state index contributed by atoms with van der Waals surface area (Å²) in [5, 5.41) is 2.91. The van der Waals surface area contributed by atoms with E-state index in [4.69, 9.17) is 0 Å². The van der Waals surface area contributed by atoms with Gasteiger partial charge in [0.25, 0.3) is 0 Å². The maximum absolute atomic E-state index is 13.4. The highest BCUT2D eigenvalue weighted by molar-refractivity contribution is 7.98. The van der Waals surface area contributed by atoms with Gasteiger partial charge in [-0.25, -0.2) is 8.42 Å². The van der Waals surface area contributed by atoms with E-state index in [9.17, 15) is 13.2 Å². The van der Waals surface area contributed by atoms with Crippen molar-refractivity contribution in [1.29, 1.82) is 0 Å². The lowest BCUT2D eigenvalue weighted by Gasteiger charge is -2.35. The van der Waals surface area contributed by atoms with Crippen LogP contribution in [-0.2, 0) is 27.8 Å². The molecule has 3 aromatic carbocycles. The molecular weight excluding hydrogens is 416 g/mol. The van der Waals surface area contributed by atoms with Crippen LogP contribution >= 0.6 is 11.8 Å². The fraction of sp³-hybridized carbons (Fsp3) is 0.174. The van der Waals surface area contributed by atoms with E-state index in [-0.39, 0.29) is 17.3 Å². The lowest BCUT2D eigenvalue weighted by molar-refractivity contribution is -0.120. The van der Waals surface area contributed by atoms with Gasteiger partial charge in [-0.15, -0.1) is 11.8 Å². The fourth-order valence-electron chi connectivity index (χ4n) is 3.63. The normalized spacial score (nSPS) is 16.6. The monoisotopic (exact) mass is 438 g/mol.